The van der Waals surface area contributed by atoms with Crippen LogP contribution in [0.4, 0.5) is 4.79 Å². The van der Waals surface area contributed by atoms with Crippen LogP contribution in [0.15, 0.2) is 0 Å². The van der Waals surface area contributed by atoms with E-state index in [0.29, 0.717) is 0 Å². The molecule has 0 aromatic rings. The zero-order chi connectivity index (χ0) is 13.1. The highest BCUT2D eigenvalue weighted by Crippen LogP contribution is 2.44. The number of aliphatic hydroxyl groups excluding tert-OH is 1. The monoisotopic (exact) mass is 243 g/mol. The molecule has 4 heteroatoms. The fourth-order valence-corrected chi connectivity index (χ4v) is 2.21. The molecule has 1 amide bonds. The highest BCUT2D eigenvalue weighted by molar-refractivity contribution is 5.68. The largest absolute Gasteiger partial charge is 0.444 e. The van der Waals surface area contributed by atoms with Crippen LogP contribution in [0.5, 0.6) is 0 Å². The number of carbonyl (C=O) groups excluding carboxylic acids is 1. The van der Waals surface area contributed by atoms with Crippen LogP contribution in [-0.2, 0) is 4.74 Å². The van der Waals surface area contributed by atoms with E-state index in [9.17, 15) is 9.90 Å². The van der Waals surface area contributed by atoms with Gasteiger partial charge < -0.3 is 15.2 Å². The highest BCUT2D eigenvalue weighted by Gasteiger charge is 2.34. The van der Waals surface area contributed by atoms with Gasteiger partial charge in [-0.3, -0.25) is 0 Å². The van der Waals surface area contributed by atoms with Gasteiger partial charge in [0.2, 0.25) is 0 Å². The number of aliphatic hydroxyl groups is 1. The van der Waals surface area contributed by atoms with Crippen LogP contribution < -0.4 is 5.32 Å². The van der Waals surface area contributed by atoms with Gasteiger partial charge in [-0.2, -0.15) is 0 Å². The Bertz CT molecular complexity index is 266. The molecule has 0 radical (unpaired) electrons. The molecule has 17 heavy (non-hydrogen) atoms. The Hall–Kier alpha value is -0.770. The zero-order valence-electron chi connectivity index (χ0n) is 11.4. The molecule has 1 aliphatic rings. The van der Waals surface area contributed by atoms with Gasteiger partial charge in [0.1, 0.15) is 5.60 Å². The summed E-state index contributed by atoms with van der Waals surface area (Å²) >= 11 is 0. The molecule has 1 rings (SSSR count). The number of rotatable bonds is 4. The van der Waals surface area contributed by atoms with Gasteiger partial charge in [0.25, 0.3) is 0 Å². The molecule has 0 aromatic heterocycles. The van der Waals surface area contributed by atoms with Crippen molar-refractivity contribution in [2.24, 2.45) is 5.41 Å². The maximum absolute atomic E-state index is 11.6. The van der Waals surface area contributed by atoms with E-state index in [2.05, 4.69) is 12.2 Å². The minimum atomic E-state index is -0.496. The topological polar surface area (TPSA) is 58.6 Å². The fourth-order valence-electron chi connectivity index (χ4n) is 2.21. The molecule has 1 atom stereocenters. The molecule has 0 bridgehead atoms. The molecule has 1 aliphatic carbocycles. The maximum Gasteiger partial charge on any atom is 0.407 e. The van der Waals surface area contributed by atoms with Gasteiger partial charge in [-0.05, 0) is 45.4 Å². The van der Waals surface area contributed by atoms with Crippen molar-refractivity contribution in [2.75, 3.05) is 6.61 Å². The van der Waals surface area contributed by atoms with E-state index in [4.69, 9.17) is 4.74 Å². The second kappa shape index (κ2) is 5.25. The molecule has 0 saturated heterocycles. The first kappa shape index (κ1) is 14.3. The van der Waals surface area contributed by atoms with Crippen LogP contribution >= 0.6 is 0 Å². The van der Waals surface area contributed by atoms with E-state index in [-0.39, 0.29) is 18.1 Å². The van der Waals surface area contributed by atoms with Crippen LogP contribution in [0.1, 0.15) is 53.4 Å². The summed E-state index contributed by atoms with van der Waals surface area (Å²) in [6.07, 6.45) is 3.99. The fraction of sp³-hybridized carbons (Fsp3) is 0.923. The standard InChI is InChI=1S/C13H25NO3/c1-12(2,3)17-11(16)14-10(9-15)8-13(4)6-5-7-13/h10,15H,5-9H2,1-4H3,(H,14,16)/t10-/m1/s1. The quantitative estimate of drug-likeness (QED) is 0.797. The Balaban J connectivity index is 2.38. The summed E-state index contributed by atoms with van der Waals surface area (Å²) in [5.41, 5.74) is -0.215. The third kappa shape index (κ3) is 4.94. The van der Waals surface area contributed by atoms with Crippen LogP contribution in [0.3, 0.4) is 0 Å². The van der Waals surface area contributed by atoms with Crippen LogP contribution in [0, 0.1) is 5.41 Å². The predicted molar refractivity (Wildman–Crippen MR) is 66.8 cm³/mol. The summed E-state index contributed by atoms with van der Waals surface area (Å²) in [5, 5.41) is 12.0. The predicted octanol–water partition coefficient (Wildman–Crippen LogP) is 2.45. The van der Waals surface area contributed by atoms with E-state index in [1.807, 2.05) is 20.8 Å². The molecule has 1 saturated carbocycles. The normalized spacial score (nSPS) is 20.3. The summed E-state index contributed by atoms with van der Waals surface area (Å²) in [4.78, 5) is 11.6. The van der Waals surface area contributed by atoms with Gasteiger partial charge >= 0.3 is 6.09 Å². The summed E-state index contributed by atoms with van der Waals surface area (Å²) in [6, 6.07) is -0.199. The lowest BCUT2D eigenvalue weighted by molar-refractivity contribution is 0.0422. The van der Waals surface area contributed by atoms with Crippen molar-refractivity contribution in [1.82, 2.24) is 5.32 Å². The zero-order valence-corrected chi connectivity index (χ0v) is 11.4. The van der Waals surface area contributed by atoms with Crippen molar-refractivity contribution in [2.45, 2.75) is 65.0 Å². The molecule has 4 nitrogen and oxygen atoms in total. The van der Waals surface area contributed by atoms with E-state index < -0.39 is 11.7 Å². The summed E-state index contributed by atoms with van der Waals surface area (Å²) in [6.45, 7) is 7.65. The van der Waals surface area contributed by atoms with Crippen molar-refractivity contribution >= 4 is 6.09 Å². The highest BCUT2D eigenvalue weighted by atomic mass is 16.6. The van der Waals surface area contributed by atoms with Gasteiger partial charge in [0, 0.05) is 0 Å². The molecule has 0 heterocycles. The first-order valence-corrected chi connectivity index (χ1v) is 6.34. The number of alkyl carbamates (subject to hydrolysis) is 1. The molecule has 0 spiro atoms. The van der Waals surface area contributed by atoms with Crippen LogP contribution in [-0.4, -0.2) is 29.4 Å². The maximum atomic E-state index is 11.6. The Kier molecular flexibility index (Phi) is 4.42. The molecule has 0 unspecified atom stereocenters. The third-order valence-electron chi connectivity index (χ3n) is 3.24. The lowest BCUT2D eigenvalue weighted by Crippen LogP contribution is -2.44. The molecule has 0 aliphatic heterocycles. The molecular formula is C13H25NO3. The molecule has 0 aromatic carbocycles. The number of amides is 1. The smallest absolute Gasteiger partial charge is 0.407 e. The number of carbonyl (C=O) groups is 1. The van der Waals surface area contributed by atoms with Crippen molar-refractivity contribution in [3.8, 4) is 0 Å². The van der Waals surface area contributed by atoms with Gasteiger partial charge in [0.05, 0.1) is 12.6 Å². The van der Waals surface area contributed by atoms with Crippen LogP contribution in [0.25, 0.3) is 0 Å². The molecule has 100 valence electrons. The van der Waals surface area contributed by atoms with Gasteiger partial charge in [0.15, 0.2) is 0 Å². The summed E-state index contributed by atoms with van der Waals surface area (Å²) < 4.78 is 5.18. The molecule has 2 N–H and O–H groups in total. The number of ether oxygens (including phenoxy) is 1. The molecule has 1 fully saturated rings. The number of hydrogen-bond donors (Lipinski definition) is 2. The first-order chi connectivity index (χ1) is 7.74. The Morgan fingerprint density at radius 2 is 2.06 bits per heavy atom. The number of hydrogen-bond acceptors (Lipinski definition) is 3. The van der Waals surface area contributed by atoms with Gasteiger partial charge in [-0.25, -0.2) is 4.79 Å². The SMILES string of the molecule is CC1(C[C@H](CO)NC(=O)OC(C)(C)C)CCC1. The Labute approximate surface area is 104 Å². The molecular weight excluding hydrogens is 218 g/mol. The van der Waals surface area contributed by atoms with Crippen molar-refractivity contribution in [3.05, 3.63) is 0 Å². The van der Waals surface area contributed by atoms with E-state index in [1.54, 1.807) is 0 Å². The van der Waals surface area contributed by atoms with Crippen LogP contribution in [0.2, 0.25) is 0 Å². The third-order valence-corrected chi connectivity index (χ3v) is 3.24. The Morgan fingerprint density at radius 3 is 2.41 bits per heavy atom. The van der Waals surface area contributed by atoms with Gasteiger partial charge in [-0.1, -0.05) is 13.3 Å². The van der Waals surface area contributed by atoms with Gasteiger partial charge in [-0.15, -0.1) is 0 Å². The van der Waals surface area contributed by atoms with E-state index in [0.717, 1.165) is 6.42 Å². The lowest BCUT2D eigenvalue weighted by Gasteiger charge is -2.40. The Morgan fingerprint density at radius 1 is 1.47 bits per heavy atom. The second-order valence-corrected chi connectivity index (χ2v) is 6.39. The summed E-state index contributed by atoms with van der Waals surface area (Å²) in [5.74, 6) is 0. The lowest BCUT2D eigenvalue weighted by atomic mass is 9.67. The minimum Gasteiger partial charge on any atom is -0.444 e. The average molecular weight is 243 g/mol. The van der Waals surface area contributed by atoms with E-state index in [1.165, 1.54) is 19.3 Å². The van der Waals surface area contributed by atoms with Crippen molar-refractivity contribution in [1.29, 1.82) is 0 Å². The van der Waals surface area contributed by atoms with Crippen molar-refractivity contribution in [3.63, 3.8) is 0 Å². The number of nitrogens with one attached hydrogen (secondary N) is 1. The first-order valence-electron chi connectivity index (χ1n) is 6.34. The minimum absolute atomic E-state index is 0.0329. The average Bonchev–Trinajstić information content (AvgIpc) is 2.11. The van der Waals surface area contributed by atoms with E-state index >= 15 is 0 Å². The summed E-state index contributed by atoms with van der Waals surface area (Å²) in [7, 11) is 0. The second-order valence-electron chi connectivity index (χ2n) is 6.39. The van der Waals surface area contributed by atoms with Crippen molar-refractivity contribution < 1.29 is 14.6 Å².